The Kier molecular flexibility index (Phi) is 2.80. The van der Waals surface area contributed by atoms with Gasteiger partial charge in [0.15, 0.2) is 11.6 Å². The molecule has 2 atom stereocenters. The number of carbonyl (C=O) groups is 1. The molecule has 0 saturated heterocycles. The number of hydrogen-bond donors (Lipinski definition) is 0. The predicted octanol–water partition coefficient (Wildman–Crippen LogP) is 2.84. The first-order valence-electron chi connectivity index (χ1n) is 5.34. The molecule has 2 unspecified atom stereocenters. The minimum Gasteiger partial charge on any atom is -0.294 e. The molecule has 0 aromatic carbocycles. The molecule has 1 fully saturated rings. The van der Waals surface area contributed by atoms with Crippen LogP contribution in [-0.2, 0) is 0 Å². The van der Waals surface area contributed by atoms with Gasteiger partial charge in [-0.15, -0.1) is 0 Å². The maximum atomic E-state index is 13.3. The van der Waals surface area contributed by atoms with E-state index in [1.54, 1.807) is 0 Å². The van der Waals surface area contributed by atoms with Gasteiger partial charge in [0.25, 0.3) is 0 Å². The molecule has 1 heterocycles. The quantitative estimate of drug-likeness (QED) is 0.698. The summed E-state index contributed by atoms with van der Waals surface area (Å²) in [6.45, 7) is 2.06. The number of Topliss-reactive ketones (excluding diaryl/α,β-unsaturated/α-hetero) is 1. The van der Waals surface area contributed by atoms with Gasteiger partial charge in [0.1, 0.15) is 0 Å². The van der Waals surface area contributed by atoms with Crippen molar-refractivity contribution in [1.82, 2.24) is 4.98 Å². The minimum atomic E-state index is -0.499. The number of rotatable bonds is 2. The first-order chi connectivity index (χ1) is 7.20. The molecule has 0 radical (unpaired) electrons. The molecule has 0 spiro atoms. The van der Waals surface area contributed by atoms with E-state index in [2.05, 4.69) is 11.9 Å². The van der Waals surface area contributed by atoms with Gasteiger partial charge >= 0.3 is 0 Å². The summed E-state index contributed by atoms with van der Waals surface area (Å²) in [6, 6.07) is 1.47. The molecule has 0 aliphatic heterocycles. The summed E-state index contributed by atoms with van der Waals surface area (Å²) in [5, 5.41) is 0. The summed E-state index contributed by atoms with van der Waals surface area (Å²) in [5.41, 5.74) is 0.198. The lowest BCUT2D eigenvalue weighted by atomic mass is 9.90. The monoisotopic (exact) mass is 207 g/mol. The Morgan fingerprint density at radius 2 is 2.33 bits per heavy atom. The van der Waals surface area contributed by atoms with Crippen LogP contribution in [0, 0.1) is 17.7 Å². The van der Waals surface area contributed by atoms with E-state index in [1.165, 1.54) is 12.3 Å². The number of ketones is 1. The lowest BCUT2D eigenvalue weighted by Crippen LogP contribution is -2.18. The van der Waals surface area contributed by atoms with Crippen molar-refractivity contribution in [3.05, 3.63) is 29.8 Å². The molecule has 0 amide bonds. The van der Waals surface area contributed by atoms with Crippen LogP contribution in [0.1, 0.15) is 36.5 Å². The number of halogens is 1. The van der Waals surface area contributed by atoms with Crippen molar-refractivity contribution < 1.29 is 9.18 Å². The standard InChI is InChI=1S/C12H14FNO/c1-8-3-2-4-9(8)12(15)10-5-6-14-7-11(10)13/h5-9H,2-4H2,1H3. The van der Waals surface area contributed by atoms with Crippen molar-refractivity contribution in [3.63, 3.8) is 0 Å². The third kappa shape index (κ3) is 1.91. The van der Waals surface area contributed by atoms with Gasteiger partial charge < -0.3 is 0 Å². The third-order valence-electron chi connectivity index (χ3n) is 3.24. The van der Waals surface area contributed by atoms with Crippen LogP contribution in [0.2, 0.25) is 0 Å². The molecule has 0 bridgehead atoms. The van der Waals surface area contributed by atoms with E-state index < -0.39 is 5.82 Å². The number of aromatic nitrogens is 1. The Bertz CT molecular complexity index is 378. The molecule has 1 aromatic heterocycles. The Hall–Kier alpha value is -1.25. The topological polar surface area (TPSA) is 30.0 Å². The molecule has 15 heavy (non-hydrogen) atoms. The van der Waals surface area contributed by atoms with Gasteiger partial charge in [0.05, 0.1) is 11.8 Å². The van der Waals surface area contributed by atoms with Crippen LogP contribution < -0.4 is 0 Å². The fraction of sp³-hybridized carbons (Fsp3) is 0.500. The molecule has 2 nitrogen and oxygen atoms in total. The lowest BCUT2D eigenvalue weighted by molar-refractivity contribution is 0.0892. The second-order valence-electron chi connectivity index (χ2n) is 4.23. The molecular formula is C12H14FNO. The molecule has 80 valence electrons. The highest BCUT2D eigenvalue weighted by molar-refractivity contribution is 5.98. The van der Waals surface area contributed by atoms with Crippen molar-refractivity contribution in [1.29, 1.82) is 0 Å². The van der Waals surface area contributed by atoms with Crippen LogP contribution in [0.3, 0.4) is 0 Å². The van der Waals surface area contributed by atoms with Crippen molar-refractivity contribution in [2.75, 3.05) is 0 Å². The Morgan fingerprint density at radius 1 is 1.53 bits per heavy atom. The minimum absolute atomic E-state index is 0.00176. The van der Waals surface area contributed by atoms with Gasteiger partial charge in [-0.3, -0.25) is 9.78 Å². The van der Waals surface area contributed by atoms with Gasteiger partial charge in [0, 0.05) is 12.1 Å². The number of hydrogen-bond acceptors (Lipinski definition) is 2. The summed E-state index contributed by atoms with van der Waals surface area (Å²) in [6.07, 6.45) is 5.61. The fourth-order valence-corrected chi connectivity index (χ4v) is 2.31. The molecular weight excluding hydrogens is 193 g/mol. The average molecular weight is 207 g/mol. The van der Waals surface area contributed by atoms with E-state index in [9.17, 15) is 9.18 Å². The van der Waals surface area contributed by atoms with Gasteiger partial charge in [-0.05, 0) is 24.8 Å². The largest absolute Gasteiger partial charge is 0.294 e. The summed E-state index contributed by atoms with van der Waals surface area (Å²) in [4.78, 5) is 15.7. The normalized spacial score (nSPS) is 25.5. The molecule has 1 aliphatic rings. The molecule has 1 aromatic rings. The second-order valence-corrected chi connectivity index (χ2v) is 4.23. The Morgan fingerprint density at radius 3 is 2.93 bits per heavy atom. The van der Waals surface area contributed by atoms with Gasteiger partial charge in [-0.25, -0.2) is 4.39 Å². The highest BCUT2D eigenvalue weighted by Gasteiger charge is 2.31. The third-order valence-corrected chi connectivity index (χ3v) is 3.24. The van der Waals surface area contributed by atoms with Crippen molar-refractivity contribution >= 4 is 5.78 Å². The summed E-state index contributed by atoms with van der Waals surface area (Å²) in [7, 11) is 0. The number of pyridine rings is 1. The van der Waals surface area contributed by atoms with E-state index in [0.717, 1.165) is 25.5 Å². The highest BCUT2D eigenvalue weighted by Crippen LogP contribution is 2.33. The van der Waals surface area contributed by atoms with Crippen molar-refractivity contribution in [2.24, 2.45) is 11.8 Å². The zero-order valence-corrected chi connectivity index (χ0v) is 8.74. The molecule has 1 saturated carbocycles. The smallest absolute Gasteiger partial charge is 0.169 e. The number of carbonyl (C=O) groups excluding carboxylic acids is 1. The summed E-state index contributed by atoms with van der Waals surface area (Å²) in [5.74, 6) is -0.173. The van der Waals surface area contributed by atoms with Gasteiger partial charge in [-0.2, -0.15) is 0 Å². The second kappa shape index (κ2) is 4.09. The molecule has 1 aliphatic carbocycles. The highest BCUT2D eigenvalue weighted by atomic mass is 19.1. The molecule has 2 rings (SSSR count). The first kappa shape index (κ1) is 10.3. The van der Waals surface area contributed by atoms with Crippen LogP contribution in [0.15, 0.2) is 18.5 Å². The van der Waals surface area contributed by atoms with Gasteiger partial charge in [0.2, 0.25) is 0 Å². The first-order valence-corrected chi connectivity index (χ1v) is 5.34. The molecule has 3 heteroatoms. The molecule has 0 N–H and O–H groups in total. The lowest BCUT2D eigenvalue weighted by Gasteiger charge is -2.13. The fourth-order valence-electron chi connectivity index (χ4n) is 2.31. The summed E-state index contributed by atoms with van der Waals surface area (Å²) >= 11 is 0. The van der Waals surface area contributed by atoms with Gasteiger partial charge in [-0.1, -0.05) is 13.3 Å². The maximum Gasteiger partial charge on any atom is 0.169 e. The van der Waals surface area contributed by atoms with Crippen molar-refractivity contribution in [3.8, 4) is 0 Å². The number of nitrogens with zero attached hydrogens (tertiary/aromatic N) is 1. The van der Waals surface area contributed by atoms with Crippen LogP contribution in [0.4, 0.5) is 4.39 Å². The maximum absolute atomic E-state index is 13.3. The summed E-state index contributed by atoms with van der Waals surface area (Å²) < 4.78 is 13.3. The van der Waals surface area contributed by atoms with E-state index in [-0.39, 0.29) is 17.3 Å². The van der Waals surface area contributed by atoms with E-state index in [4.69, 9.17) is 0 Å². The van der Waals surface area contributed by atoms with E-state index >= 15 is 0 Å². The average Bonchev–Trinajstić information content (AvgIpc) is 2.64. The Labute approximate surface area is 88.5 Å². The zero-order valence-electron chi connectivity index (χ0n) is 8.74. The van der Waals surface area contributed by atoms with Crippen molar-refractivity contribution in [2.45, 2.75) is 26.2 Å². The predicted molar refractivity (Wildman–Crippen MR) is 55.0 cm³/mol. The van der Waals surface area contributed by atoms with E-state index in [1.807, 2.05) is 0 Å². The van der Waals surface area contributed by atoms with Crippen LogP contribution in [0.25, 0.3) is 0 Å². The van der Waals surface area contributed by atoms with E-state index in [0.29, 0.717) is 5.92 Å². The van der Waals surface area contributed by atoms with Crippen LogP contribution >= 0.6 is 0 Å². The Balaban J connectivity index is 2.24. The SMILES string of the molecule is CC1CCCC1C(=O)c1ccncc1F. The van der Waals surface area contributed by atoms with Crippen LogP contribution in [0.5, 0.6) is 0 Å². The zero-order chi connectivity index (χ0) is 10.8. The van der Waals surface area contributed by atoms with Crippen LogP contribution in [-0.4, -0.2) is 10.8 Å².